The summed E-state index contributed by atoms with van der Waals surface area (Å²) in [5.41, 5.74) is 5.94. The van der Waals surface area contributed by atoms with Gasteiger partial charge in [-0.3, -0.25) is 4.79 Å². The summed E-state index contributed by atoms with van der Waals surface area (Å²) in [6.07, 6.45) is 9.58. The third-order valence-corrected chi connectivity index (χ3v) is 4.01. The number of thiocarbonyl (C=S) groups is 1. The van der Waals surface area contributed by atoms with Gasteiger partial charge in [-0.1, -0.05) is 44.3 Å². The molecule has 0 radical (unpaired) electrons. The van der Waals surface area contributed by atoms with Gasteiger partial charge in [-0.15, -0.1) is 0 Å². The van der Waals surface area contributed by atoms with Gasteiger partial charge in [0.2, 0.25) is 0 Å². The van der Waals surface area contributed by atoms with Gasteiger partial charge in [0.1, 0.15) is 4.99 Å². The Morgan fingerprint density at radius 3 is 2.78 bits per heavy atom. The van der Waals surface area contributed by atoms with Crippen molar-refractivity contribution in [2.75, 3.05) is 0 Å². The monoisotopic (exact) mass is 264 g/mol. The van der Waals surface area contributed by atoms with Gasteiger partial charge in [0.05, 0.1) is 5.56 Å². The van der Waals surface area contributed by atoms with Crippen LogP contribution in [0.15, 0.2) is 23.1 Å². The summed E-state index contributed by atoms with van der Waals surface area (Å²) in [5, 5.41) is 0. The molecule has 2 rings (SSSR count). The number of nitrogens with two attached hydrogens (primary N) is 1. The zero-order valence-corrected chi connectivity index (χ0v) is 11.4. The van der Waals surface area contributed by atoms with Crippen molar-refractivity contribution >= 4 is 17.2 Å². The van der Waals surface area contributed by atoms with Crippen molar-refractivity contribution < 1.29 is 0 Å². The van der Waals surface area contributed by atoms with Gasteiger partial charge in [-0.2, -0.15) is 0 Å². The lowest BCUT2D eigenvalue weighted by atomic mass is 9.87. The number of nitrogens with zero attached hydrogens (tertiary/aromatic N) is 1. The van der Waals surface area contributed by atoms with Crippen LogP contribution >= 0.6 is 12.2 Å². The Morgan fingerprint density at radius 2 is 2.11 bits per heavy atom. The highest BCUT2D eigenvalue weighted by Gasteiger charge is 2.14. The highest BCUT2D eigenvalue weighted by atomic mass is 32.1. The number of pyridine rings is 1. The first-order valence-electron chi connectivity index (χ1n) is 6.68. The number of hydrogen-bond donors (Lipinski definition) is 1. The maximum atomic E-state index is 12.1. The molecule has 0 aliphatic heterocycles. The molecule has 0 unspecified atom stereocenters. The Bertz CT molecular complexity index is 475. The number of aryl methyl sites for hydroxylation is 1. The maximum absolute atomic E-state index is 12.1. The predicted molar refractivity (Wildman–Crippen MR) is 77.8 cm³/mol. The molecule has 1 aliphatic carbocycles. The fourth-order valence-electron chi connectivity index (χ4n) is 2.70. The normalized spacial score (nSPS) is 16.7. The largest absolute Gasteiger partial charge is 0.389 e. The average Bonchev–Trinajstić information content (AvgIpc) is 2.38. The van der Waals surface area contributed by atoms with E-state index in [1.165, 1.54) is 32.1 Å². The summed E-state index contributed by atoms with van der Waals surface area (Å²) in [6.45, 7) is 0.778. The molecule has 0 bridgehead atoms. The summed E-state index contributed by atoms with van der Waals surface area (Å²) in [6, 6.07) is 3.54. The fourth-order valence-corrected chi connectivity index (χ4v) is 2.85. The molecule has 4 heteroatoms. The molecule has 0 aromatic carbocycles. The third kappa shape index (κ3) is 3.19. The molecule has 1 saturated carbocycles. The molecule has 3 nitrogen and oxygen atoms in total. The molecule has 0 amide bonds. The molecule has 0 atom stereocenters. The van der Waals surface area contributed by atoms with E-state index in [1.807, 2.05) is 12.3 Å². The van der Waals surface area contributed by atoms with Crippen LogP contribution in [-0.2, 0) is 6.54 Å². The minimum Gasteiger partial charge on any atom is -0.389 e. The van der Waals surface area contributed by atoms with Crippen LogP contribution in [-0.4, -0.2) is 9.56 Å². The van der Waals surface area contributed by atoms with E-state index >= 15 is 0 Å². The zero-order valence-electron chi connectivity index (χ0n) is 10.6. The van der Waals surface area contributed by atoms with Gasteiger partial charge in [-0.25, -0.2) is 0 Å². The number of hydrogen-bond acceptors (Lipinski definition) is 2. The van der Waals surface area contributed by atoms with Crippen molar-refractivity contribution in [1.82, 2.24) is 4.57 Å². The zero-order chi connectivity index (χ0) is 13.0. The summed E-state index contributed by atoms with van der Waals surface area (Å²) in [5.74, 6) is 0.777. The van der Waals surface area contributed by atoms with E-state index in [4.69, 9.17) is 18.0 Å². The summed E-state index contributed by atoms with van der Waals surface area (Å²) in [4.78, 5) is 12.3. The summed E-state index contributed by atoms with van der Waals surface area (Å²) < 4.78 is 1.74. The van der Waals surface area contributed by atoms with Crippen LogP contribution < -0.4 is 11.3 Å². The van der Waals surface area contributed by atoms with E-state index < -0.39 is 0 Å². The van der Waals surface area contributed by atoms with Crippen LogP contribution in [0.4, 0.5) is 0 Å². The topological polar surface area (TPSA) is 48.0 Å². The molecule has 1 aromatic rings. The van der Waals surface area contributed by atoms with Crippen molar-refractivity contribution in [2.24, 2.45) is 11.7 Å². The Hall–Kier alpha value is -1.16. The first-order valence-corrected chi connectivity index (χ1v) is 7.08. The lowest BCUT2D eigenvalue weighted by Crippen LogP contribution is -2.29. The molecule has 1 aromatic heterocycles. The highest BCUT2D eigenvalue weighted by Crippen LogP contribution is 2.26. The Balaban J connectivity index is 2.03. The maximum Gasteiger partial charge on any atom is 0.260 e. The van der Waals surface area contributed by atoms with Gasteiger partial charge in [0.15, 0.2) is 0 Å². The third-order valence-electron chi connectivity index (χ3n) is 3.79. The second-order valence-electron chi connectivity index (χ2n) is 5.08. The van der Waals surface area contributed by atoms with E-state index in [0.29, 0.717) is 5.56 Å². The van der Waals surface area contributed by atoms with E-state index in [1.54, 1.807) is 10.6 Å². The Morgan fingerprint density at radius 1 is 1.39 bits per heavy atom. The molecule has 98 valence electrons. The van der Waals surface area contributed by atoms with Crippen LogP contribution in [0.25, 0.3) is 0 Å². The SMILES string of the molecule is NC(=S)c1cccn(CCC2CCCCC2)c1=O. The number of aromatic nitrogens is 1. The first-order chi connectivity index (χ1) is 8.68. The molecular formula is C14H20N2OS. The van der Waals surface area contributed by atoms with E-state index in [-0.39, 0.29) is 10.5 Å². The molecule has 18 heavy (non-hydrogen) atoms. The minimum atomic E-state index is -0.0548. The second kappa shape index (κ2) is 6.14. The second-order valence-corrected chi connectivity index (χ2v) is 5.52. The van der Waals surface area contributed by atoms with Crippen LogP contribution in [0.2, 0.25) is 0 Å². The quantitative estimate of drug-likeness (QED) is 0.850. The fraction of sp³-hybridized carbons (Fsp3) is 0.571. The van der Waals surface area contributed by atoms with Crippen LogP contribution in [0.3, 0.4) is 0 Å². The summed E-state index contributed by atoms with van der Waals surface area (Å²) >= 11 is 4.88. The van der Waals surface area contributed by atoms with E-state index in [2.05, 4.69) is 0 Å². The van der Waals surface area contributed by atoms with Crippen molar-refractivity contribution in [3.8, 4) is 0 Å². The molecule has 0 saturated heterocycles. The lowest BCUT2D eigenvalue weighted by molar-refractivity contribution is 0.322. The van der Waals surface area contributed by atoms with Crippen LogP contribution in [0.5, 0.6) is 0 Å². The molecule has 1 fully saturated rings. The van der Waals surface area contributed by atoms with Gasteiger partial charge in [0.25, 0.3) is 5.56 Å². The van der Waals surface area contributed by atoms with Gasteiger partial charge < -0.3 is 10.3 Å². The minimum absolute atomic E-state index is 0.0548. The standard InChI is InChI=1S/C14H20N2OS/c15-13(18)12-7-4-9-16(14(12)17)10-8-11-5-2-1-3-6-11/h4,7,9,11H,1-3,5-6,8,10H2,(H2,15,18). The van der Waals surface area contributed by atoms with E-state index in [9.17, 15) is 4.79 Å². The average molecular weight is 264 g/mol. The van der Waals surface area contributed by atoms with Crippen molar-refractivity contribution in [3.63, 3.8) is 0 Å². The smallest absolute Gasteiger partial charge is 0.260 e. The molecule has 1 aliphatic rings. The number of rotatable bonds is 4. The molecule has 0 spiro atoms. The van der Waals surface area contributed by atoms with Crippen LogP contribution in [0, 0.1) is 5.92 Å². The predicted octanol–water partition coefficient (Wildman–Crippen LogP) is 2.45. The first kappa shape index (κ1) is 13.3. The summed E-state index contributed by atoms with van der Waals surface area (Å²) in [7, 11) is 0. The van der Waals surface area contributed by atoms with Crippen molar-refractivity contribution in [2.45, 2.75) is 45.1 Å². The van der Waals surface area contributed by atoms with Gasteiger partial charge in [0, 0.05) is 12.7 Å². The Labute approximate surface area is 113 Å². The van der Waals surface area contributed by atoms with Gasteiger partial charge >= 0.3 is 0 Å². The molecular weight excluding hydrogens is 244 g/mol. The lowest BCUT2D eigenvalue weighted by Gasteiger charge is -2.21. The molecule has 2 N–H and O–H groups in total. The van der Waals surface area contributed by atoms with Gasteiger partial charge in [-0.05, 0) is 24.5 Å². The van der Waals surface area contributed by atoms with Crippen molar-refractivity contribution in [1.29, 1.82) is 0 Å². The van der Waals surface area contributed by atoms with Crippen molar-refractivity contribution in [3.05, 3.63) is 34.2 Å². The van der Waals surface area contributed by atoms with E-state index in [0.717, 1.165) is 18.9 Å². The Kier molecular flexibility index (Phi) is 4.53. The van der Waals surface area contributed by atoms with Crippen LogP contribution in [0.1, 0.15) is 44.1 Å². The molecule has 1 heterocycles. The highest BCUT2D eigenvalue weighted by molar-refractivity contribution is 7.80.